The molecule has 0 aliphatic rings. The molecule has 0 aliphatic carbocycles. The average Bonchev–Trinajstić information content (AvgIpc) is 2.93. The number of rotatable bonds is 12. The number of hydrogen-bond acceptors (Lipinski definition) is 8. The van der Waals surface area contributed by atoms with Gasteiger partial charge in [0.2, 0.25) is 21.7 Å². The molecule has 10 heteroatoms. The fourth-order valence-corrected chi connectivity index (χ4v) is 4.64. The molecule has 0 saturated carbocycles. The summed E-state index contributed by atoms with van der Waals surface area (Å²) in [6, 6.07) is 21.8. The van der Waals surface area contributed by atoms with Crippen molar-refractivity contribution in [2.45, 2.75) is 25.5 Å². The van der Waals surface area contributed by atoms with E-state index < -0.39 is 46.6 Å². The Kier molecular flexibility index (Phi) is 9.61. The molecule has 0 fully saturated rings. The van der Waals surface area contributed by atoms with Crippen LogP contribution >= 0.6 is 0 Å². The number of amides is 1. The third kappa shape index (κ3) is 7.19. The van der Waals surface area contributed by atoms with E-state index in [9.17, 15) is 22.8 Å². The van der Waals surface area contributed by atoms with E-state index in [0.717, 1.165) is 6.26 Å². The van der Waals surface area contributed by atoms with E-state index in [1.165, 1.54) is 14.2 Å². The Labute approximate surface area is 222 Å². The Balaban J connectivity index is 1.74. The maximum absolute atomic E-state index is 13.1. The van der Waals surface area contributed by atoms with Gasteiger partial charge < -0.3 is 14.2 Å². The first kappa shape index (κ1) is 28.4. The van der Waals surface area contributed by atoms with Crippen LogP contribution in [-0.4, -0.2) is 50.9 Å². The molecular formula is C28H29NO8S. The van der Waals surface area contributed by atoms with E-state index in [2.05, 4.69) is 0 Å². The molecule has 3 aromatic carbocycles. The zero-order valence-corrected chi connectivity index (χ0v) is 22.1. The van der Waals surface area contributed by atoms with E-state index in [-0.39, 0.29) is 6.54 Å². The summed E-state index contributed by atoms with van der Waals surface area (Å²) in [5, 5.41) is 0. The van der Waals surface area contributed by atoms with Gasteiger partial charge in [-0.25, -0.2) is 12.7 Å². The number of hydrogen-bond donors (Lipinski definition) is 0. The molecular weight excluding hydrogens is 510 g/mol. The zero-order chi connectivity index (χ0) is 27.7. The van der Waals surface area contributed by atoms with Gasteiger partial charge in [-0.15, -0.1) is 0 Å². The quantitative estimate of drug-likeness (QED) is 0.251. The van der Waals surface area contributed by atoms with Crippen molar-refractivity contribution in [1.29, 1.82) is 0 Å². The topological polar surface area (TPSA) is 116 Å². The van der Waals surface area contributed by atoms with Crippen molar-refractivity contribution in [2.24, 2.45) is 0 Å². The Morgan fingerprint density at radius 3 is 2.03 bits per heavy atom. The van der Waals surface area contributed by atoms with Crippen LogP contribution in [0.4, 0.5) is 0 Å². The van der Waals surface area contributed by atoms with Crippen LogP contribution in [0.15, 0.2) is 78.9 Å². The lowest BCUT2D eigenvalue weighted by Crippen LogP contribution is -2.36. The van der Waals surface area contributed by atoms with Crippen molar-refractivity contribution in [3.63, 3.8) is 0 Å². The van der Waals surface area contributed by atoms with E-state index in [4.69, 9.17) is 14.2 Å². The maximum Gasteiger partial charge on any atom is 0.307 e. The molecule has 0 aromatic heterocycles. The van der Waals surface area contributed by atoms with Gasteiger partial charge in [-0.3, -0.25) is 14.4 Å². The number of ether oxygens (including phenoxy) is 3. The molecule has 200 valence electrons. The number of benzene rings is 3. The first-order chi connectivity index (χ1) is 18.2. The van der Waals surface area contributed by atoms with Crippen LogP contribution in [0, 0.1) is 0 Å². The minimum absolute atomic E-state index is 0.293. The summed E-state index contributed by atoms with van der Waals surface area (Å²) >= 11 is 0. The number of carbonyl (C=O) groups is 3. The van der Waals surface area contributed by atoms with Crippen molar-refractivity contribution >= 4 is 27.7 Å². The SMILES string of the molecule is COc1cccc(CN(C(=O)CCC(=O)OC(C(=O)c2ccccc2)c2ccccc2)S(C)(=O)=O)c1OC. The van der Waals surface area contributed by atoms with Crippen LogP contribution in [0.25, 0.3) is 0 Å². The first-order valence-electron chi connectivity index (χ1n) is 11.7. The van der Waals surface area contributed by atoms with Crippen LogP contribution in [-0.2, 0) is 30.9 Å². The second-order valence-corrected chi connectivity index (χ2v) is 10.2. The van der Waals surface area contributed by atoms with Gasteiger partial charge in [-0.1, -0.05) is 72.8 Å². The highest BCUT2D eigenvalue weighted by atomic mass is 32.2. The molecule has 1 unspecified atom stereocenters. The predicted molar refractivity (Wildman–Crippen MR) is 140 cm³/mol. The van der Waals surface area contributed by atoms with Crippen LogP contribution in [0.3, 0.4) is 0 Å². The van der Waals surface area contributed by atoms with Gasteiger partial charge in [0.15, 0.2) is 17.6 Å². The number of methoxy groups -OCH3 is 2. The average molecular weight is 540 g/mol. The number of para-hydroxylation sites is 1. The monoisotopic (exact) mass is 539 g/mol. The highest BCUT2D eigenvalue weighted by Gasteiger charge is 2.29. The first-order valence-corrected chi connectivity index (χ1v) is 13.5. The standard InChI is InChI=1S/C28H29NO8S/c1-35-23-16-10-15-22(27(23)36-2)19-29(38(3,33)34)24(30)17-18-25(31)37-28(21-13-8-5-9-14-21)26(32)20-11-6-4-7-12-20/h4-16,28H,17-19H2,1-3H3. The molecule has 0 bridgehead atoms. The van der Waals surface area contributed by atoms with E-state index in [0.29, 0.717) is 32.5 Å². The highest BCUT2D eigenvalue weighted by molar-refractivity contribution is 7.88. The Morgan fingerprint density at radius 2 is 1.45 bits per heavy atom. The number of nitrogens with zero attached hydrogens (tertiary/aromatic N) is 1. The fourth-order valence-electron chi connectivity index (χ4n) is 3.80. The molecule has 0 spiro atoms. The van der Waals surface area contributed by atoms with E-state index in [1.807, 2.05) is 0 Å². The lowest BCUT2D eigenvalue weighted by Gasteiger charge is -2.22. The van der Waals surface area contributed by atoms with E-state index in [1.54, 1.807) is 78.9 Å². The molecule has 0 N–H and O–H groups in total. The van der Waals surface area contributed by atoms with Crippen molar-refractivity contribution in [3.8, 4) is 11.5 Å². The summed E-state index contributed by atoms with van der Waals surface area (Å²) in [6.07, 6.45) is -1.18. The highest BCUT2D eigenvalue weighted by Crippen LogP contribution is 2.32. The molecule has 0 aliphatic heterocycles. The molecule has 1 atom stereocenters. The molecule has 0 saturated heterocycles. The van der Waals surface area contributed by atoms with Crippen molar-refractivity contribution in [3.05, 3.63) is 95.6 Å². The molecule has 0 heterocycles. The van der Waals surface area contributed by atoms with Crippen LogP contribution in [0.1, 0.15) is 40.4 Å². The minimum Gasteiger partial charge on any atom is -0.493 e. The normalized spacial score (nSPS) is 11.8. The molecule has 3 aromatic rings. The molecule has 1 amide bonds. The summed E-state index contributed by atoms with van der Waals surface area (Å²) < 4.78 is 41.7. The molecule has 9 nitrogen and oxygen atoms in total. The number of sulfonamides is 1. The van der Waals surface area contributed by atoms with Gasteiger partial charge in [-0.2, -0.15) is 0 Å². The van der Waals surface area contributed by atoms with Crippen LogP contribution in [0.2, 0.25) is 0 Å². The van der Waals surface area contributed by atoms with Gasteiger partial charge in [0.1, 0.15) is 0 Å². The van der Waals surface area contributed by atoms with Gasteiger partial charge in [0.25, 0.3) is 0 Å². The minimum atomic E-state index is -3.99. The third-order valence-electron chi connectivity index (χ3n) is 5.67. The summed E-state index contributed by atoms with van der Waals surface area (Å²) in [6.45, 7) is -0.313. The zero-order valence-electron chi connectivity index (χ0n) is 21.3. The third-order valence-corrected chi connectivity index (χ3v) is 6.80. The molecule has 38 heavy (non-hydrogen) atoms. The largest absolute Gasteiger partial charge is 0.493 e. The lowest BCUT2D eigenvalue weighted by molar-refractivity contribution is -0.149. The van der Waals surface area contributed by atoms with Crippen molar-refractivity contribution in [2.75, 3.05) is 20.5 Å². The predicted octanol–water partition coefficient (Wildman–Crippen LogP) is 3.94. The lowest BCUT2D eigenvalue weighted by atomic mass is 10.00. The summed E-state index contributed by atoms with van der Waals surface area (Å²) in [7, 11) is -1.14. The number of carbonyl (C=O) groups excluding carboxylic acids is 3. The maximum atomic E-state index is 13.1. The Morgan fingerprint density at radius 1 is 0.816 bits per heavy atom. The summed E-state index contributed by atoms with van der Waals surface area (Å²) in [5.41, 5.74) is 1.25. The van der Waals surface area contributed by atoms with Gasteiger partial charge >= 0.3 is 5.97 Å². The van der Waals surface area contributed by atoms with Crippen molar-refractivity contribution < 1.29 is 37.0 Å². The molecule has 0 radical (unpaired) electrons. The van der Waals surface area contributed by atoms with Crippen LogP contribution in [0.5, 0.6) is 11.5 Å². The summed E-state index contributed by atoms with van der Waals surface area (Å²) in [4.78, 5) is 38.8. The smallest absolute Gasteiger partial charge is 0.307 e. The van der Waals surface area contributed by atoms with E-state index >= 15 is 0 Å². The van der Waals surface area contributed by atoms with Gasteiger partial charge in [0.05, 0.1) is 33.4 Å². The number of esters is 1. The Bertz CT molecular complexity index is 1370. The van der Waals surface area contributed by atoms with Crippen molar-refractivity contribution in [1.82, 2.24) is 4.31 Å². The van der Waals surface area contributed by atoms with Gasteiger partial charge in [-0.05, 0) is 6.07 Å². The molecule has 3 rings (SSSR count). The fraction of sp³-hybridized carbons (Fsp3) is 0.250. The second kappa shape index (κ2) is 12.9. The number of ketones is 1. The Hall–Kier alpha value is -4.18. The van der Waals surface area contributed by atoms with Gasteiger partial charge in [0, 0.05) is 23.1 Å². The number of Topliss-reactive ketones (excluding diaryl/α,β-unsaturated/α-hetero) is 1. The van der Waals surface area contributed by atoms with Crippen LogP contribution < -0.4 is 9.47 Å². The summed E-state index contributed by atoms with van der Waals surface area (Å²) in [5.74, 6) is -1.37. The second-order valence-electron chi connectivity index (χ2n) is 8.33.